The number of halogens is 2. The van der Waals surface area contributed by atoms with Crippen LogP contribution in [-0.4, -0.2) is 21.1 Å². The summed E-state index contributed by atoms with van der Waals surface area (Å²) in [6, 6.07) is 10.0. The first-order valence-corrected chi connectivity index (χ1v) is 6.74. The molecule has 0 saturated heterocycles. The summed E-state index contributed by atoms with van der Waals surface area (Å²) in [4.78, 5) is 16.4. The molecule has 0 aliphatic rings. The summed E-state index contributed by atoms with van der Waals surface area (Å²) in [5.41, 5.74) is 1.33. The van der Waals surface area contributed by atoms with E-state index in [4.69, 9.17) is 23.2 Å². The van der Waals surface area contributed by atoms with Gasteiger partial charge in [0.25, 0.3) is 5.91 Å². The second-order valence-electron chi connectivity index (χ2n) is 4.19. The van der Waals surface area contributed by atoms with Crippen LogP contribution < -0.4 is 5.32 Å². The quantitative estimate of drug-likeness (QED) is 0.784. The van der Waals surface area contributed by atoms with Crippen LogP contribution in [0.4, 0.5) is 5.69 Å². The van der Waals surface area contributed by atoms with Crippen molar-refractivity contribution in [1.82, 2.24) is 15.2 Å². The van der Waals surface area contributed by atoms with Crippen LogP contribution in [-0.2, 0) is 0 Å². The Balaban J connectivity index is 1.97. The molecular formula is C14H8Cl2N4O. The first-order chi connectivity index (χ1) is 10.1. The number of benzene rings is 1. The Morgan fingerprint density at radius 3 is 2.67 bits per heavy atom. The third kappa shape index (κ3) is 2.79. The molecule has 5 nitrogen and oxygen atoms in total. The molecule has 0 aliphatic heterocycles. The fourth-order valence-electron chi connectivity index (χ4n) is 1.86. The lowest BCUT2D eigenvalue weighted by Gasteiger charge is -2.08. The van der Waals surface area contributed by atoms with Crippen LogP contribution in [0.3, 0.4) is 0 Å². The predicted octanol–water partition coefficient (Wildman–Crippen LogP) is 3.58. The number of nitrogens with zero attached hydrogens (tertiary/aromatic N) is 3. The average Bonchev–Trinajstić information content (AvgIpc) is 2.51. The maximum Gasteiger partial charge on any atom is 0.276 e. The van der Waals surface area contributed by atoms with E-state index in [0.29, 0.717) is 16.2 Å². The Kier molecular flexibility index (Phi) is 3.68. The smallest absolute Gasteiger partial charge is 0.276 e. The number of anilines is 1. The number of rotatable bonds is 2. The molecule has 1 amide bonds. The molecule has 0 radical (unpaired) electrons. The van der Waals surface area contributed by atoms with Crippen LogP contribution >= 0.6 is 23.2 Å². The van der Waals surface area contributed by atoms with Crippen molar-refractivity contribution in [1.29, 1.82) is 0 Å². The highest BCUT2D eigenvalue weighted by Gasteiger charge is 2.12. The summed E-state index contributed by atoms with van der Waals surface area (Å²) in [5.74, 6) is -0.395. The monoisotopic (exact) mass is 318 g/mol. The molecular weight excluding hydrogens is 311 g/mol. The lowest BCUT2D eigenvalue weighted by molar-refractivity contribution is 0.102. The van der Waals surface area contributed by atoms with Gasteiger partial charge in [-0.05, 0) is 36.4 Å². The maximum atomic E-state index is 12.1. The van der Waals surface area contributed by atoms with E-state index < -0.39 is 5.91 Å². The zero-order chi connectivity index (χ0) is 14.8. The predicted molar refractivity (Wildman–Crippen MR) is 81.7 cm³/mol. The average molecular weight is 319 g/mol. The Morgan fingerprint density at radius 1 is 1.05 bits per heavy atom. The summed E-state index contributed by atoms with van der Waals surface area (Å²) in [7, 11) is 0. The van der Waals surface area contributed by atoms with E-state index in [1.165, 1.54) is 12.1 Å². The number of carbonyl (C=O) groups is 1. The second kappa shape index (κ2) is 5.63. The number of carbonyl (C=O) groups excluding carboxylic acids is 1. The molecule has 21 heavy (non-hydrogen) atoms. The minimum absolute atomic E-state index is 0.165. The molecule has 1 N–H and O–H groups in total. The van der Waals surface area contributed by atoms with E-state index >= 15 is 0 Å². The Hall–Kier alpha value is -2.24. The van der Waals surface area contributed by atoms with E-state index in [-0.39, 0.29) is 10.8 Å². The minimum atomic E-state index is -0.395. The van der Waals surface area contributed by atoms with Crippen LogP contribution in [0.2, 0.25) is 10.2 Å². The molecule has 0 spiro atoms. The van der Waals surface area contributed by atoms with Crippen LogP contribution in [0.1, 0.15) is 10.5 Å². The van der Waals surface area contributed by atoms with Gasteiger partial charge in [-0.25, -0.2) is 0 Å². The number of amides is 1. The zero-order valence-electron chi connectivity index (χ0n) is 10.5. The third-order valence-corrected chi connectivity index (χ3v) is 3.36. The SMILES string of the molecule is O=C(Nc1ccc(Cl)c2cccnc12)c1ccc(Cl)nn1. The van der Waals surface area contributed by atoms with Crippen molar-refractivity contribution in [2.75, 3.05) is 5.32 Å². The van der Waals surface area contributed by atoms with Crippen molar-refractivity contribution in [2.24, 2.45) is 0 Å². The van der Waals surface area contributed by atoms with Gasteiger partial charge in [-0.15, -0.1) is 10.2 Å². The summed E-state index contributed by atoms with van der Waals surface area (Å²) >= 11 is 11.8. The Labute approximate surface area is 129 Å². The van der Waals surface area contributed by atoms with E-state index in [1.54, 1.807) is 24.4 Å². The molecule has 0 bridgehead atoms. The number of pyridine rings is 1. The van der Waals surface area contributed by atoms with Gasteiger partial charge in [0.15, 0.2) is 10.8 Å². The van der Waals surface area contributed by atoms with E-state index in [2.05, 4.69) is 20.5 Å². The first-order valence-electron chi connectivity index (χ1n) is 5.99. The Bertz CT molecular complexity index is 821. The summed E-state index contributed by atoms with van der Waals surface area (Å²) in [5, 5.41) is 11.7. The topological polar surface area (TPSA) is 67.8 Å². The molecule has 2 heterocycles. The standard InChI is InChI=1S/C14H8Cl2N4O/c15-9-3-4-10(13-8(9)2-1-7-17-13)18-14(21)11-5-6-12(16)20-19-11/h1-7H,(H,18,21). The number of aromatic nitrogens is 3. The van der Waals surface area contributed by atoms with Gasteiger partial charge < -0.3 is 5.32 Å². The van der Waals surface area contributed by atoms with Crippen LogP contribution in [0.25, 0.3) is 10.9 Å². The summed E-state index contributed by atoms with van der Waals surface area (Å²) < 4.78 is 0. The normalized spacial score (nSPS) is 10.6. The molecule has 0 aliphatic carbocycles. The fourth-order valence-corrected chi connectivity index (χ4v) is 2.18. The molecule has 0 unspecified atom stereocenters. The lowest BCUT2D eigenvalue weighted by Crippen LogP contribution is -2.14. The number of nitrogens with one attached hydrogen (secondary N) is 1. The number of hydrogen-bond donors (Lipinski definition) is 1. The molecule has 1 aromatic carbocycles. The van der Waals surface area contributed by atoms with Crippen molar-refractivity contribution < 1.29 is 4.79 Å². The van der Waals surface area contributed by atoms with Gasteiger partial charge in [0.2, 0.25) is 0 Å². The molecule has 0 saturated carbocycles. The molecule has 0 fully saturated rings. The summed E-state index contributed by atoms with van der Waals surface area (Å²) in [6.07, 6.45) is 1.64. The van der Waals surface area contributed by atoms with E-state index in [1.807, 2.05) is 6.07 Å². The van der Waals surface area contributed by atoms with Crippen molar-refractivity contribution >= 4 is 45.7 Å². The maximum absolute atomic E-state index is 12.1. The first kappa shape index (κ1) is 13.7. The van der Waals surface area contributed by atoms with Gasteiger partial charge in [-0.2, -0.15) is 0 Å². The van der Waals surface area contributed by atoms with Gasteiger partial charge >= 0.3 is 0 Å². The fraction of sp³-hybridized carbons (Fsp3) is 0. The van der Waals surface area contributed by atoms with Gasteiger partial charge in [0.1, 0.15) is 0 Å². The second-order valence-corrected chi connectivity index (χ2v) is 4.98. The molecule has 2 aromatic heterocycles. The highest BCUT2D eigenvalue weighted by Crippen LogP contribution is 2.28. The van der Waals surface area contributed by atoms with Crippen LogP contribution in [0.5, 0.6) is 0 Å². The summed E-state index contributed by atoms with van der Waals surface area (Å²) in [6.45, 7) is 0. The molecule has 7 heteroatoms. The van der Waals surface area contributed by atoms with Crippen LogP contribution in [0.15, 0.2) is 42.6 Å². The Morgan fingerprint density at radius 2 is 1.90 bits per heavy atom. The minimum Gasteiger partial charge on any atom is -0.319 e. The highest BCUT2D eigenvalue weighted by molar-refractivity contribution is 6.36. The number of fused-ring (bicyclic) bond motifs is 1. The molecule has 104 valence electrons. The van der Waals surface area contributed by atoms with Gasteiger partial charge in [-0.1, -0.05) is 23.2 Å². The third-order valence-electron chi connectivity index (χ3n) is 2.83. The van der Waals surface area contributed by atoms with E-state index in [9.17, 15) is 4.79 Å². The zero-order valence-corrected chi connectivity index (χ0v) is 12.1. The van der Waals surface area contributed by atoms with Gasteiger partial charge in [-0.3, -0.25) is 9.78 Å². The van der Waals surface area contributed by atoms with Crippen molar-refractivity contribution in [3.63, 3.8) is 0 Å². The van der Waals surface area contributed by atoms with Crippen LogP contribution in [0, 0.1) is 0 Å². The molecule has 3 rings (SSSR count). The largest absolute Gasteiger partial charge is 0.319 e. The highest BCUT2D eigenvalue weighted by atomic mass is 35.5. The number of hydrogen-bond acceptors (Lipinski definition) is 4. The van der Waals surface area contributed by atoms with Gasteiger partial charge in [0, 0.05) is 11.6 Å². The van der Waals surface area contributed by atoms with Crippen molar-refractivity contribution in [3.05, 3.63) is 58.5 Å². The van der Waals surface area contributed by atoms with Crippen molar-refractivity contribution in [2.45, 2.75) is 0 Å². The lowest BCUT2D eigenvalue weighted by atomic mass is 10.2. The molecule has 0 atom stereocenters. The van der Waals surface area contributed by atoms with E-state index in [0.717, 1.165) is 5.39 Å². The molecule has 3 aromatic rings. The van der Waals surface area contributed by atoms with Gasteiger partial charge in [0.05, 0.1) is 16.2 Å². The van der Waals surface area contributed by atoms with Crippen molar-refractivity contribution in [3.8, 4) is 0 Å².